The minimum atomic E-state index is -1.30. The van der Waals surface area contributed by atoms with Crippen molar-refractivity contribution in [2.24, 2.45) is 0 Å². The molecular formula is C15H12N2O6. The van der Waals surface area contributed by atoms with Crippen LogP contribution in [0.4, 0.5) is 5.69 Å². The molecule has 0 aliphatic heterocycles. The quantitative estimate of drug-likeness (QED) is 0.522. The number of carboxylic acids is 1. The first-order valence-electron chi connectivity index (χ1n) is 6.42. The Balaban J connectivity index is 2.85. The van der Waals surface area contributed by atoms with Crippen molar-refractivity contribution >= 4 is 17.6 Å². The SMILES string of the molecule is COC(=O)c1c(C)ncc(C(=O)O)c1-c1cccc([N+](=O)[O-])c1. The predicted molar refractivity (Wildman–Crippen MR) is 79.4 cm³/mol. The summed E-state index contributed by atoms with van der Waals surface area (Å²) in [6.45, 7) is 1.53. The van der Waals surface area contributed by atoms with E-state index in [1.807, 2.05) is 0 Å². The van der Waals surface area contributed by atoms with Gasteiger partial charge in [0, 0.05) is 23.9 Å². The normalized spacial score (nSPS) is 10.2. The third-order valence-electron chi connectivity index (χ3n) is 3.23. The fourth-order valence-corrected chi connectivity index (χ4v) is 2.19. The summed E-state index contributed by atoms with van der Waals surface area (Å²) in [6.07, 6.45) is 1.11. The highest BCUT2D eigenvalue weighted by Gasteiger charge is 2.25. The van der Waals surface area contributed by atoms with Gasteiger partial charge in [-0.2, -0.15) is 0 Å². The van der Waals surface area contributed by atoms with Crippen LogP contribution < -0.4 is 0 Å². The topological polar surface area (TPSA) is 120 Å². The van der Waals surface area contributed by atoms with E-state index in [2.05, 4.69) is 9.72 Å². The van der Waals surface area contributed by atoms with Gasteiger partial charge in [0.15, 0.2) is 0 Å². The lowest BCUT2D eigenvalue weighted by atomic mass is 9.94. The van der Waals surface area contributed by atoms with Gasteiger partial charge in [-0.25, -0.2) is 9.59 Å². The van der Waals surface area contributed by atoms with Gasteiger partial charge in [-0.3, -0.25) is 15.1 Å². The highest BCUT2D eigenvalue weighted by molar-refractivity contribution is 6.05. The Morgan fingerprint density at radius 2 is 2.04 bits per heavy atom. The van der Waals surface area contributed by atoms with E-state index in [9.17, 15) is 24.8 Å². The Bertz CT molecular complexity index is 816. The summed E-state index contributed by atoms with van der Waals surface area (Å²) in [5.74, 6) is -2.07. The number of ether oxygens (including phenoxy) is 1. The molecule has 0 radical (unpaired) electrons. The number of carbonyl (C=O) groups is 2. The molecule has 1 heterocycles. The minimum Gasteiger partial charge on any atom is -0.478 e. The molecule has 0 unspecified atom stereocenters. The zero-order valence-corrected chi connectivity index (χ0v) is 12.3. The van der Waals surface area contributed by atoms with E-state index in [0.29, 0.717) is 0 Å². The van der Waals surface area contributed by atoms with Crippen LogP contribution in [0.1, 0.15) is 26.4 Å². The molecule has 23 heavy (non-hydrogen) atoms. The Morgan fingerprint density at radius 3 is 2.61 bits per heavy atom. The molecule has 0 fully saturated rings. The number of rotatable bonds is 4. The first kappa shape index (κ1) is 16.1. The van der Waals surface area contributed by atoms with Crippen molar-refractivity contribution in [3.63, 3.8) is 0 Å². The maximum atomic E-state index is 12.0. The van der Waals surface area contributed by atoms with Gasteiger partial charge in [0.2, 0.25) is 0 Å². The molecular weight excluding hydrogens is 304 g/mol. The monoisotopic (exact) mass is 316 g/mol. The molecule has 0 saturated carbocycles. The fraction of sp³-hybridized carbons (Fsp3) is 0.133. The molecule has 0 aliphatic rings. The van der Waals surface area contributed by atoms with Crippen molar-refractivity contribution in [1.29, 1.82) is 0 Å². The van der Waals surface area contributed by atoms with Crippen LogP contribution in [0, 0.1) is 17.0 Å². The highest BCUT2D eigenvalue weighted by atomic mass is 16.6. The maximum absolute atomic E-state index is 12.0. The summed E-state index contributed by atoms with van der Waals surface area (Å²) in [6, 6.07) is 5.38. The molecule has 2 aromatic rings. The van der Waals surface area contributed by atoms with E-state index in [1.54, 1.807) is 0 Å². The molecule has 0 atom stereocenters. The second-order valence-corrected chi connectivity index (χ2v) is 4.61. The van der Waals surface area contributed by atoms with Crippen molar-refractivity contribution in [1.82, 2.24) is 4.98 Å². The molecule has 0 spiro atoms. The molecule has 1 N–H and O–H groups in total. The Kier molecular flexibility index (Phi) is 4.35. The van der Waals surface area contributed by atoms with Crippen molar-refractivity contribution in [2.75, 3.05) is 7.11 Å². The van der Waals surface area contributed by atoms with Gasteiger partial charge in [0.25, 0.3) is 5.69 Å². The number of hydrogen-bond acceptors (Lipinski definition) is 6. The lowest BCUT2D eigenvalue weighted by molar-refractivity contribution is -0.384. The first-order chi connectivity index (χ1) is 10.9. The van der Waals surface area contributed by atoms with E-state index in [4.69, 9.17) is 0 Å². The van der Waals surface area contributed by atoms with Crippen LogP contribution in [0.15, 0.2) is 30.5 Å². The van der Waals surface area contributed by atoms with Gasteiger partial charge in [0.1, 0.15) is 0 Å². The first-order valence-corrected chi connectivity index (χ1v) is 6.42. The molecule has 2 rings (SSSR count). The van der Waals surface area contributed by atoms with Crippen LogP contribution in [0.25, 0.3) is 11.1 Å². The summed E-state index contributed by atoms with van der Waals surface area (Å²) in [7, 11) is 1.16. The lowest BCUT2D eigenvalue weighted by Crippen LogP contribution is -2.12. The third kappa shape index (κ3) is 3.00. The summed E-state index contributed by atoms with van der Waals surface area (Å²) < 4.78 is 4.69. The zero-order chi connectivity index (χ0) is 17.1. The number of pyridine rings is 1. The smallest absolute Gasteiger partial charge is 0.340 e. The number of aromatic carboxylic acids is 1. The predicted octanol–water partition coefficient (Wildman–Crippen LogP) is 2.45. The van der Waals surface area contributed by atoms with Crippen molar-refractivity contribution in [2.45, 2.75) is 6.92 Å². The Labute approximate surface area is 130 Å². The van der Waals surface area contributed by atoms with E-state index in [1.165, 1.54) is 31.2 Å². The number of methoxy groups -OCH3 is 1. The van der Waals surface area contributed by atoms with Gasteiger partial charge in [-0.1, -0.05) is 12.1 Å². The van der Waals surface area contributed by atoms with Crippen LogP contribution in [0.3, 0.4) is 0 Å². The molecule has 8 nitrogen and oxygen atoms in total. The number of aryl methyl sites for hydroxylation is 1. The van der Waals surface area contributed by atoms with E-state index < -0.39 is 16.9 Å². The van der Waals surface area contributed by atoms with Gasteiger partial charge < -0.3 is 9.84 Å². The molecule has 8 heteroatoms. The average molecular weight is 316 g/mol. The molecule has 1 aromatic heterocycles. The van der Waals surface area contributed by atoms with Crippen LogP contribution in [0.5, 0.6) is 0 Å². The highest BCUT2D eigenvalue weighted by Crippen LogP contribution is 2.32. The Hall–Kier alpha value is -3.29. The number of aromatic nitrogens is 1. The third-order valence-corrected chi connectivity index (χ3v) is 3.23. The number of hydrogen-bond donors (Lipinski definition) is 1. The Morgan fingerprint density at radius 1 is 1.35 bits per heavy atom. The van der Waals surface area contributed by atoms with Crippen LogP contribution in [-0.2, 0) is 4.74 Å². The number of non-ortho nitro benzene ring substituents is 1. The van der Waals surface area contributed by atoms with E-state index in [-0.39, 0.29) is 33.6 Å². The average Bonchev–Trinajstić information content (AvgIpc) is 2.53. The second kappa shape index (κ2) is 6.22. The molecule has 0 saturated heterocycles. The van der Waals surface area contributed by atoms with Crippen LogP contribution >= 0.6 is 0 Å². The molecule has 0 aliphatic carbocycles. The number of esters is 1. The van der Waals surface area contributed by atoms with Crippen molar-refractivity contribution in [3.05, 3.63) is 57.4 Å². The largest absolute Gasteiger partial charge is 0.478 e. The maximum Gasteiger partial charge on any atom is 0.340 e. The standard InChI is InChI=1S/C15H12N2O6/c1-8-12(15(20)23-2)13(11(7-16-8)14(18)19)9-4-3-5-10(6-9)17(21)22/h3-7H,1-2H3,(H,18,19). The van der Waals surface area contributed by atoms with Gasteiger partial charge in [0.05, 0.1) is 28.9 Å². The number of benzene rings is 1. The molecule has 0 amide bonds. The van der Waals surface area contributed by atoms with Gasteiger partial charge >= 0.3 is 11.9 Å². The van der Waals surface area contributed by atoms with Crippen LogP contribution in [-0.4, -0.2) is 34.1 Å². The fourth-order valence-electron chi connectivity index (χ4n) is 2.19. The van der Waals surface area contributed by atoms with Gasteiger partial charge in [-0.15, -0.1) is 0 Å². The number of carboxylic acid groups (broad SMARTS) is 1. The van der Waals surface area contributed by atoms with Crippen molar-refractivity contribution < 1.29 is 24.4 Å². The molecule has 0 bridgehead atoms. The lowest BCUT2D eigenvalue weighted by Gasteiger charge is -2.13. The number of nitro benzene ring substituents is 1. The summed E-state index contributed by atoms with van der Waals surface area (Å²) >= 11 is 0. The number of nitrogens with zero attached hydrogens (tertiary/aromatic N) is 2. The van der Waals surface area contributed by atoms with E-state index in [0.717, 1.165) is 13.3 Å². The number of nitro groups is 1. The second-order valence-electron chi connectivity index (χ2n) is 4.61. The summed E-state index contributed by atoms with van der Waals surface area (Å²) in [5, 5.41) is 20.3. The summed E-state index contributed by atoms with van der Waals surface area (Å²) in [4.78, 5) is 37.7. The zero-order valence-electron chi connectivity index (χ0n) is 12.3. The molecule has 118 valence electrons. The minimum absolute atomic E-state index is 0.0344. The van der Waals surface area contributed by atoms with Crippen LogP contribution in [0.2, 0.25) is 0 Å². The number of carbonyl (C=O) groups excluding carboxylic acids is 1. The van der Waals surface area contributed by atoms with Gasteiger partial charge in [-0.05, 0) is 12.5 Å². The van der Waals surface area contributed by atoms with E-state index >= 15 is 0 Å². The van der Waals surface area contributed by atoms with Crippen molar-refractivity contribution in [3.8, 4) is 11.1 Å². The summed E-state index contributed by atoms with van der Waals surface area (Å²) in [5.41, 5.74) is 0.0416. The molecule has 1 aromatic carbocycles.